The second-order valence-electron chi connectivity index (χ2n) is 4.63. The van der Waals surface area contributed by atoms with Crippen molar-refractivity contribution in [1.82, 2.24) is 10.2 Å². The number of morpholine rings is 1. The molecule has 1 unspecified atom stereocenters. The van der Waals surface area contributed by atoms with Crippen LogP contribution in [0.15, 0.2) is 10.5 Å². The summed E-state index contributed by atoms with van der Waals surface area (Å²) in [5.74, 6) is 1.50. The Bertz CT molecular complexity index is 426. The zero-order valence-electron chi connectivity index (χ0n) is 11.2. The molecule has 1 amide bonds. The van der Waals surface area contributed by atoms with Crippen LogP contribution in [0.4, 0.5) is 0 Å². The van der Waals surface area contributed by atoms with Gasteiger partial charge in [0.2, 0.25) is 0 Å². The molecule has 0 radical (unpaired) electrons. The molecule has 0 bridgehead atoms. The molecule has 5 nitrogen and oxygen atoms in total. The van der Waals surface area contributed by atoms with E-state index in [1.54, 1.807) is 6.07 Å². The molecule has 0 spiro atoms. The van der Waals surface area contributed by atoms with Crippen molar-refractivity contribution in [1.29, 1.82) is 0 Å². The maximum absolute atomic E-state index is 12.4. The third-order valence-corrected chi connectivity index (χ3v) is 3.13. The molecule has 1 saturated heterocycles. The summed E-state index contributed by atoms with van der Waals surface area (Å²) in [5.41, 5.74) is 0.664. The van der Waals surface area contributed by atoms with Crippen LogP contribution in [0.5, 0.6) is 0 Å². The zero-order valence-corrected chi connectivity index (χ0v) is 11.2. The van der Waals surface area contributed by atoms with Gasteiger partial charge in [-0.2, -0.15) is 0 Å². The first-order valence-electron chi connectivity index (χ1n) is 6.24. The molecule has 1 aliphatic rings. The van der Waals surface area contributed by atoms with Gasteiger partial charge in [-0.1, -0.05) is 0 Å². The molecule has 1 N–H and O–H groups in total. The first kappa shape index (κ1) is 13.1. The van der Waals surface area contributed by atoms with Crippen LogP contribution < -0.4 is 5.32 Å². The minimum Gasteiger partial charge on any atom is -0.466 e. The number of nitrogens with one attached hydrogen (secondary N) is 1. The molecule has 0 aromatic carbocycles. The van der Waals surface area contributed by atoms with E-state index in [0.29, 0.717) is 31.0 Å². The lowest BCUT2D eigenvalue weighted by Gasteiger charge is -2.32. The fourth-order valence-corrected chi connectivity index (χ4v) is 2.27. The van der Waals surface area contributed by atoms with Crippen molar-refractivity contribution in [2.24, 2.45) is 0 Å². The Kier molecular flexibility index (Phi) is 4.04. The van der Waals surface area contributed by atoms with Crippen LogP contribution in [0, 0.1) is 13.8 Å². The van der Waals surface area contributed by atoms with Crippen LogP contribution in [-0.2, 0) is 4.74 Å². The standard InChI is InChI=1S/C13H20N2O3/c1-9-6-12(10(2)18-9)13(16)15-4-5-17-11(8-15)7-14-3/h6,11,14H,4-5,7-8H2,1-3H3. The minimum absolute atomic E-state index is 0.0359. The van der Waals surface area contributed by atoms with Crippen molar-refractivity contribution in [3.05, 3.63) is 23.2 Å². The van der Waals surface area contributed by atoms with Crippen molar-refractivity contribution in [3.8, 4) is 0 Å². The molecule has 2 rings (SSSR count). The number of hydrogen-bond acceptors (Lipinski definition) is 4. The van der Waals surface area contributed by atoms with Crippen LogP contribution in [-0.4, -0.2) is 50.2 Å². The van der Waals surface area contributed by atoms with Crippen molar-refractivity contribution in [3.63, 3.8) is 0 Å². The molecule has 1 atom stereocenters. The van der Waals surface area contributed by atoms with Gasteiger partial charge in [0.1, 0.15) is 11.5 Å². The minimum atomic E-state index is 0.0359. The van der Waals surface area contributed by atoms with Crippen LogP contribution in [0.2, 0.25) is 0 Å². The van der Waals surface area contributed by atoms with E-state index in [2.05, 4.69) is 5.32 Å². The second-order valence-corrected chi connectivity index (χ2v) is 4.63. The van der Waals surface area contributed by atoms with E-state index in [9.17, 15) is 4.79 Å². The van der Waals surface area contributed by atoms with Gasteiger partial charge in [-0.15, -0.1) is 0 Å². The van der Waals surface area contributed by atoms with E-state index in [1.807, 2.05) is 25.8 Å². The van der Waals surface area contributed by atoms with Gasteiger partial charge in [-0.25, -0.2) is 0 Å². The van der Waals surface area contributed by atoms with E-state index in [0.717, 1.165) is 12.3 Å². The zero-order chi connectivity index (χ0) is 13.1. The highest BCUT2D eigenvalue weighted by Gasteiger charge is 2.26. The second kappa shape index (κ2) is 5.54. The molecule has 1 aromatic heterocycles. The number of carbonyl (C=O) groups is 1. The van der Waals surface area contributed by atoms with Gasteiger partial charge < -0.3 is 19.4 Å². The number of aryl methyl sites for hydroxylation is 2. The molecule has 1 aromatic rings. The summed E-state index contributed by atoms with van der Waals surface area (Å²) >= 11 is 0. The Morgan fingerprint density at radius 1 is 1.56 bits per heavy atom. The van der Waals surface area contributed by atoms with Crippen molar-refractivity contribution >= 4 is 5.91 Å². The molecular weight excluding hydrogens is 232 g/mol. The predicted molar refractivity (Wildman–Crippen MR) is 67.8 cm³/mol. The SMILES string of the molecule is CNCC1CN(C(=O)c2cc(C)oc2C)CCO1. The van der Waals surface area contributed by atoms with E-state index in [-0.39, 0.29) is 12.0 Å². The number of nitrogens with zero attached hydrogens (tertiary/aromatic N) is 1. The van der Waals surface area contributed by atoms with E-state index in [4.69, 9.17) is 9.15 Å². The first-order chi connectivity index (χ1) is 8.61. The predicted octanol–water partition coefficient (Wildman–Crippen LogP) is 0.957. The Balaban J connectivity index is 2.06. The first-order valence-corrected chi connectivity index (χ1v) is 6.24. The quantitative estimate of drug-likeness (QED) is 0.870. The van der Waals surface area contributed by atoms with Gasteiger partial charge in [-0.3, -0.25) is 4.79 Å². The highest BCUT2D eigenvalue weighted by Crippen LogP contribution is 2.17. The van der Waals surface area contributed by atoms with E-state index >= 15 is 0 Å². The fourth-order valence-electron chi connectivity index (χ4n) is 2.27. The molecule has 0 saturated carbocycles. The number of carbonyl (C=O) groups excluding carboxylic acids is 1. The molecule has 5 heteroatoms. The Morgan fingerprint density at radius 3 is 2.94 bits per heavy atom. The van der Waals surface area contributed by atoms with Gasteiger partial charge in [0.15, 0.2) is 0 Å². The number of amides is 1. The highest BCUT2D eigenvalue weighted by molar-refractivity contribution is 5.95. The van der Waals surface area contributed by atoms with Crippen LogP contribution >= 0.6 is 0 Å². The number of rotatable bonds is 3. The van der Waals surface area contributed by atoms with Gasteiger partial charge in [0.05, 0.1) is 18.3 Å². The van der Waals surface area contributed by atoms with Crippen molar-refractivity contribution in [2.45, 2.75) is 20.0 Å². The van der Waals surface area contributed by atoms with Crippen molar-refractivity contribution < 1.29 is 13.9 Å². The van der Waals surface area contributed by atoms with Crippen LogP contribution in [0.25, 0.3) is 0 Å². The third kappa shape index (κ3) is 2.73. The number of ether oxygens (including phenoxy) is 1. The average Bonchev–Trinajstić information content (AvgIpc) is 2.68. The van der Waals surface area contributed by atoms with E-state index in [1.165, 1.54) is 0 Å². The summed E-state index contributed by atoms with van der Waals surface area (Å²) in [6, 6.07) is 1.81. The monoisotopic (exact) mass is 252 g/mol. The lowest BCUT2D eigenvalue weighted by molar-refractivity contribution is -0.0196. The molecule has 2 heterocycles. The van der Waals surface area contributed by atoms with E-state index < -0.39 is 0 Å². The number of likely N-dealkylation sites (N-methyl/N-ethyl adjacent to an activating group) is 1. The van der Waals surface area contributed by atoms with Gasteiger partial charge >= 0.3 is 0 Å². The number of hydrogen-bond donors (Lipinski definition) is 1. The number of furan rings is 1. The lowest BCUT2D eigenvalue weighted by atomic mass is 10.2. The van der Waals surface area contributed by atoms with Crippen LogP contribution in [0.1, 0.15) is 21.9 Å². The Hall–Kier alpha value is -1.33. The maximum Gasteiger partial charge on any atom is 0.257 e. The molecular formula is C13H20N2O3. The molecule has 1 fully saturated rings. The van der Waals surface area contributed by atoms with Crippen molar-refractivity contribution in [2.75, 3.05) is 33.3 Å². The van der Waals surface area contributed by atoms with Gasteiger partial charge in [0, 0.05) is 19.6 Å². The Morgan fingerprint density at radius 2 is 2.33 bits per heavy atom. The largest absolute Gasteiger partial charge is 0.466 e. The molecule has 18 heavy (non-hydrogen) atoms. The van der Waals surface area contributed by atoms with Gasteiger partial charge in [-0.05, 0) is 27.0 Å². The maximum atomic E-state index is 12.4. The topological polar surface area (TPSA) is 54.7 Å². The molecule has 100 valence electrons. The van der Waals surface area contributed by atoms with Gasteiger partial charge in [0.25, 0.3) is 5.91 Å². The fraction of sp³-hybridized carbons (Fsp3) is 0.615. The smallest absolute Gasteiger partial charge is 0.257 e. The normalized spacial score (nSPS) is 20.2. The summed E-state index contributed by atoms with van der Waals surface area (Å²) in [5, 5.41) is 3.07. The summed E-state index contributed by atoms with van der Waals surface area (Å²) < 4.78 is 11.0. The summed E-state index contributed by atoms with van der Waals surface area (Å²) in [4.78, 5) is 14.2. The Labute approximate surface area is 107 Å². The lowest BCUT2D eigenvalue weighted by Crippen LogP contribution is -2.48. The molecule has 0 aliphatic carbocycles. The highest BCUT2D eigenvalue weighted by atomic mass is 16.5. The molecule has 1 aliphatic heterocycles. The van der Waals surface area contributed by atoms with Crippen LogP contribution in [0.3, 0.4) is 0 Å². The average molecular weight is 252 g/mol. The summed E-state index contributed by atoms with van der Waals surface area (Å²) in [7, 11) is 1.88. The summed E-state index contributed by atoms with van der Waals surface area (Å²) in [6.07, 6.45) is 0.0704. The third-order valence-electron chi connectivity index (χ3n) is 3.13. The summed E-state index contributed by atoms with van der Waals surface area (Å²) in [6.45, 7) is 6.30.